The van der Waals surface area contributed by atoms with Crippen LogP contribution in [0.4, 0.5) is 8.78 Å². The van der Waals surface area contributed by atoms with E-state index in [4.69, 9.17) is 0 Å². The summed E-state index contributed by atoms with van der Waals surface area (Å²) >= 11 is 3.38. The topological polar surface area (TPSA) is 21.3 Å². The van der Waals surface area contributed by atoms with Crippen molar-refractivity contribution in [1.29, 1.82) is 0 Å². The number of nitrogens with one attached hydrogen (secondary N) is 1. The molecule has 1 aliphatic carbocycles. The molecule has 1 fully saturated rings. The van der Waals surface area contributed by atoms with E-state index >= 15 is 0 Å². The maximum absolute atomic E-state index is 12.4. The molecule has 2 rings (SSSR count). The first-order valence-electron chi connectivity index (χ1n) is 7.51. The van der Waals surface area contributed by atoms with Gasteiger partial charge in [0.1, 0.15) is 5.75 Å². The van der Waals surface area contributed by atoms with Crippen LogP contribution in [-0.4, -0.2) is 12.7 Å². The highest BCUT2D eigenvalue weighted by molar-refractivity contribution is 9.10. The molecule has 2 nitrogen and oxygen atoms in total. The SMILES string of the molecule is CC1CCCC(NCc2cc(Br)ccc2OC(F)F)CC1. The Labute approximate surface area is 133 Å². The minimum atomic E-state index is -2.79. The summed E-state index contributed by atoms with van der Waals surface area (Å²) in [5.74, 6) is 1.04. The van der Waals surface area contributed by atoms with Gasteiger partial charge < -0.3 is 10.1 Å². The number of hydrogen-bond acceptors (Lipinski definition) is 2. The highest BCUT2D eigenvalue weighted by Gasteiger charge is 2.17. The highest BCUT2D eigenvalue weighted by atomic mass is 79.9. The molecular weight excluding hydrogens is 340 g/mol. The van der Waals surface area contributed by atoms with Crippen molar-refractivity contribution in [2.75, 3.05) is 0 Å². The first-order chi connectivity index (χ1) is 10.0. The molecule has 1 aliphatic rings. The van der Waals surface area contributed by atoms with Crippen LogP contribution in [0, 0.1) is 5.92 Å². The lowest BCUT2D eigenvalue weighted by Crippen LogP contribution is -2.28. The molecule has 0 aliphatic heterocycles. The third-order valence-electron chi connectivity index (χ3n) is 4.08. The van der Waals surface area contributed by atoms with E-state index in [2.05, 4.69) is 32.9 Å². The van der Waals surface area contributed by atoms with Crippen molar-refractivity contribution in [2.24, 2.45) is 5.92 Å². The quantitative estimate of drug-likeness (QED) is 0.735. The predicted molar refractivity (Wildman–Crippen MR) is 83.7 cm³/mol. The molecule has 0 radical (unpaired) electrons. The zero-order valence-electron chi connectivity index (χ0n) is 12.2. The molecule has 21 heavy (non-hydrogen) atoms. The van der Waals surface area contributed by atoms with Gasteiger partial charge in [-0.2, -0.15) is 8.78 Å². The molecule has 0 aromatic heterocycles. The van der Waals surface area contributed by atoms with Crippen LogP contribution in [-0.2, 0) is 6.54 Å². The Balaban J connectivity index is 1.96. The molecule has 0 saturated heterocycles. The van der Waals surface area contributed by atoms with Crippen LogP contribution >= 0.6 is 15.9 Å². The van der Waals surface area contributed by atoms with Crippen molar-refractivity contribution in [1.82, 2.24) is 5.32 Å². The fourth-order valence-corrected chi connectivity index (χ4v) is 3.25. The molecule has 0 heterocycles. The van der Waals surface area contributed by atoms with E-state index in [9.17, 15) is 8.78 Å². The Morgan fingerprint density at radius 1 is 1.29 bits per heavy atom. The van der Waals surface area contributed by atoms with Crippen molar-refractivity contribution < 1.29 is 13.5 Å². The summed E-state index contributed by atoms with van der Waals surface area (Å²) in [6, 6.07) is 5.61. The Bertz CT molecular complexity index is 456. The minimum absolute atomic E-state index is 0.252. The summed E-state index contributed by atoms with van der Waals surface area (Å²) in [7, 11) is 0. The molecule has 0 amide bonds. The highest BCUT2D eigenvalue weighted by Crippen LogP contribution is 2.26. The fraction of sp³-hybridized carbons (Fsp3) is 0.625. The first kappa shape index (κ1) is 16.7. The number of benzene rings is 1. The number of rotatable bonds is 5. The van der Waals surface area contributed by atoms with Crippen molar-refractivity contribution in [2.45, 2.75) is 58.2 Å². The van der Waals surface area contributed by atoms with Crippen LogP contribution in [0.2, 0.25) is 0 Å². The van der Waals surface area contributed by atoms with Gasteiger partial charge in [-0.05, 0) is 43.4 Å². The smallest absolute Gasteiger partial charge is 0.387 e. The van der Waals surface area contributed by atoms with Crippen LogP contribution < -0.4 is 10.1 Å². The normalized spacial score (nSPS) is 23.1. The van der Waals surface area contributed by atoms with E-state index in [1.54, 1.807) is 12.1 Å². The van der Waals surface area contributed by atoms with Gasteiger partial charge in [-0.3, -0.25) is 0 Å². The Morgan fingerprint density at radius 3 is 2.86 bits per heavy atom. The third-order valence-corrected chi connectivity index (χ3v) is 4.57. The van der Waals surface area contributed by atoms with E-state index in [-0.39, 0.29) is 5.75 Å². The molecule has 1 aromatic carbocycles. The van der Waals surface area contributed by atoms with Gasteiger partial charge >= 0.3 is 6.61 Å². The van der Waals surface area contributed by atoms with Crippen molar-refractivity contribution in [3.05, 3.63) is 28.2 Å². The van der Waals surface area contributed by atoms with E-state index < -0.39 is 6.61 Å². The van der Waals surface area contributed by atoms with Crippen LogP contribution in [0.15, 0.2) is 22.7 Å². The number of halogens is 3. The number of ether oxygens (including phenoxy) is 1. The van der Waals surface area contributed by atoms with Gasteiger partial charge in [0.05, 0.1) is 0 Å². The lowest BCUT2D eigenvalue weighted by atomic mass is 10.0. The van der Waals surface area contributed by atoms with E-state index in [1.165, 1.54) is 19.3 Å². The number of hydrogen-bond donors (Lipinski definition) is 1. The van der Waals surface area contributed by atoms with E-state index in [1.807, 2.05) is 6.07 Å². The monoisotopic (exact) mass is 361 g/mol. The second-order valence-electron chi connectivity index (χ2n) is 5.82. The second-order valence-corrected chi connectivity index (χ2v) is 6.74. The van der Waals surface area contributed by atoms with Crippen molar-refractivity contribution in [3.63, 3.8) is 0 Å². The van der Waals surface area contributed by atoms with Gasteiger partial charge in [-0.25, -0.2) is 0 Å². The van der Waals surface area contributed by atoms with Crippen LogP contribution in [0.3, 0.4) is 0 Å². The van der Waals surface area contributed by atoms with Gasteiger partial charge in [0, 0.05) is 22.6 Å². The minimum Gasteiger partial charge on any atom is -0.434 e. The second kappa shape index (κ2) is 8.08. The molecule has 118 valence electrons. The van der Waals surface area contributed by atoms with E-state index in [0.29, 0.717) is 12.6 Å². The summed E-state index contributed by atoms with van der Waals surface area (Å²) in [5.41, 5.74) is 0.766. The van der Waals surface area contributed by atoms with Gasteiger partial charge in [0.2, 0.25) is 0 Å². The average molecular weight is 362 g/mol. The summed E-state index contributed by atoms with van der Waals surface area (Å²) in [4.78, 5) is 0. The van der Waals surface area contributed by atoms with Crippen molar-refractivity contribution in [3.8, 4) is 5.75 Å². The van der Waals surface area contributed by atoms with Gasteiger partial charge in [0.15, 0.2) is 0 Å². The van der Waals surface area contributed by atoms with E-state index in [0.717, 1.165) is 28.8 Å². The molecule has 0 spiro atoms. The van der Waals surface area contributed by atoms with Crippen LogP contribution in [0.25, 0.3) is 0 Å². The Kier molecular flexibility index (Phi) is 6.42. The van der Waals surface area contributed by atoms with Gasteiger partial charge in [-0.1, -0.05) is 35.7 Å². The van der Waals surface area contributed by atoms with Crippen LogP contribution in [0.1, 0.15) is 44.6 Å². The third kappa shape index (κ3) is 5.55. The molecule has 1 aromatic rings. The van der Waals surface area contributed by atoms with Crippen LogP contribution in [0.5, 0.6) is 5.75 Å². The molecule has 1 N–H and O–H groups in total. The first-order valence-corrected chi connectivity index (χ1v) is 8.30. The predicted octanol–water partition coefficient (Wildman–Crippen LogP) is 5.11. The maximum Gasteiger partial charge on any atom is 0.387 e. The lowest BCUT2D eigenvalue weighted by Gasteiger charge is -2.18. The molecule has 5 heteroatoms. The molecule has 2 unspecified atom stereocenters. The van der Waals surface area contributed by atoms with Crippen molar-refractivity contribution >= 4 is 15.9 Å². The van der Waals surface area contributed by atoms with Gasteiger partial charge in [0.25, 0.3) is 0 Å². The summed E-state index contributed by atoms with van der Waals surface area (Å²) < 4.78 is 30.3. The standard InChI is InChI=1S/C16H22BrF2NO/c1-11-3-2-4-14(7-5-11)20-10-12-9-13(17)6-8-15(12)21-16(18)19/h6,8-9,11,14,16,20H,2-5,7,10H2,1H3. The average Bonchev–Trinajstić information content (AvgIpc) is 2.63. The summed E-state index contributed by atoms with van der Waals surface area (Å²) in [5, 5.41) is 3.49. The molecular formula is C16H22BrF2NO. The number of alkyl halides is 2. The largest absolute Gasteiger partial charge is 0.434 e. The fourth-order valence-electron chi connectivity index (χ4n) is 2.84. The van der Waals surface area contributed by atoms with Gasteiger partial charge in [-0.15, -0.1) is 0 Å². The Morgan fingerprint density at radius 2 is 2.10 bits per heavy atom. The summed E-state index contributed by atoms with van der Waals surface area (Å²) in [6.45, 7) is 0.0647. The molecule has 2 atom stereocenters. The molecule has 1 saturated carbocycles. The lowest BCUT2D eigenvalue weighted by molar-refractivity contribution is -0.0505. The Hall–Kier alpha value is -0.680. The zero-order chi connectivity index (χ0) is 15.2. The molecule has 0 bridgehead atoms. The zero-order valence-corrected chi connectivity index (χ0v) is 13.8. The maximum atomic E-state index is 12.4. The summed E-state index contributed by atoms with van der Waals surface area (Å²) in [6.07, 6.45) is 6.06.